The molecular formula is C10H18N2O. The van der Waals surface area contributed by atoms with Gasteiger partial charge in [0.2, 0.25) is 0 Å². The van der Waals surface area contributed by atoms with Crippen molar-refractivity contribution >= 4 is 6.03 Å². The van der Waals surface area contributed by atoms with Crippen LogP contribution in [0.3, 0.4) is 0 Å². The van der Waals surface area contributed by atoms with Crippen LogP contribution in [0, 0.1) is 11.8 Å². The van der Waals surface area contributed by atoms with Crippen molar-refractivity contribution < 1.29 is 4.79 Å². The molecular weight excluding hydrogens is 164 g/mol. The normalized spacial score (nSPS) is 32.5. The number of nitrogens with zero attached hydrogens (tertiary/aromatic N) is 1. The number of carbonyl (C=O) groups is 1. The molecule has 3 nitrogen and oxygen atoms in total. The van der Waals surface area contributed by atoms with Gasteiger partial charge in [0.1, 0.15) is 0 Å². The monoisotopic (exact) mass is 182 g/mol. The minimum Gasteiger partial charge on any atom is -0.336 e. The second kappa shape index (κ2) is 3.20. The lowest BCUT2D eigenvalue weighted by Gasteiger charge is -2.14. The highest BCUT2D eigenvalue weighted by molar-refractivity contribution is 5.76. The molecule has 1 aliphatic heterocycles. The van der Waals surface area contributed by atoms with Crippen LogP contribution in [0.25, 0.3) is 0 Å². The fourth-order valence-corrected chi connectivity index (χ4v) is 2.27. The maximum Gasteiger partial charge on any atom is 0.317 e. The molecule has 0 aromatic heterocycles. The predicted octanol–water partition coefficient (Wildman–Crippen LogP) is 1.45. The quantitative estimate of drug-likeness (QED) is 0.704. The minimum absolute atomic E-state index is 0.149. The molecule has 74 valence electrons. The van der Waals surface area contributed by atoms with E-state index in [0.29, 0.717) is 6.04 Å². The fourth-order valence-electron chi connectivity index (χ4n) is 2.27. The lowest BCUT2D eigenvalue weighted by Crippen LogP contribution is -2.31. The molecule has 1 N–H and O–H groups in total. The van der Waals surface area contributed by atoms with Crippen molar-refractivity contribution in [3.8, 4) is 0 Å². The third-order valence-electron chi connectivity index (χ3n) is 2.95. The maximum atomic E-state index is 11.3. The Hall–Kier alpha value is -0.730. The van der Waals surface area contributed by atoms with E-state index in [-0.39, 0.29) is 6.03 Å². The van der Waals surface area contributed by atoms with Gasteiger partial charge in [0.05, 0.1) is 0 Å². The Morgan fingerprint density at radius 2 is 2.38 bits per heavy atom. The lowest BCUT2D eigenvalue weighted by molar-refractivity contribution is 0.212. The van der Waals surface area contributed by atoms with E-state index in [0.717, 1.165) is 24.9 Å². The number of rotatable bonds is 3. The Labute approximate surface area is 79.5 Å². The zero-order chi connectivity index (χ0) is 9.42. The zero-order valence-electron chi connectivity index (χ0n) is 8.42. The summed E-state index contributed by atoms with van der Waals surface area (Å²) in [5, 5.41) is 2.85. The van der Waals surface area contributed by atoms with Crippen LogP contribution < -0.4 is 5.32 Å². The molecule has 1 saturated heterocycles. The molecule has 2 rings (SSSR count). The summed E-state index contributed by atoms with van der Waals surface area (Å²) in [4.78, 5) is 13.3. The Morgan fingerprint density at radius 1 is 1.62 bits per heavy atom. The molecule has 13 heavy (non-hydrogen) atoms. The number of nitrogens with one attached hydrogen (secondary N) is 1. The SMILES string of the molecule is CC(C)CC1CC1N1CCNC1=O. The van der Waals surface area contributed by atoms with Gasteiger partial charge in [-0.25, -0.2) is 4.79 Å². The maximum absolute atomic E-state index is 11.3. The average molecular weight is 182 g/mol. The number of urea groups is 1. The predicted molar refractivity (Wildman–Crippen MR) is 51.5 cm³/mol. The molecule has 2 atom stereocenters. The van der Waals surface area contributed by atoms with Crippen LogP contribution in [0.15, 0.2) is 0 Å². The molecule has 0 aromatic rings. The van der Waals surface area contributed by atoms with E-state index in [1.807, 2.05) is 4.90 Å². The first-order valence-electron chi connectivity index (χ1n) is 5.23. The third kappa shape index (κ3) is 1.79. The van der Waals surface area contributed by atoms with E-state index in [1.165, 1.54) is 12.8 Å². The van der Waals surface area contributed by atoms with E-state index in [9.17, 15) is 4.79 Å². The van der Waals surface area contributed by atoms with Gasteiger partial charge in [-0.2, -0.15) is 0 Å². The highest BCUT2D eigenvalue weighted by atomic mass is 16.2. The third-order valence-corrected chi connectivity index (χ3v) is 2.95. The zero-order valence-corrected chi connectivity index (χ0v) is 8.42. The van der Waals surface area contributed by atoms with E-state index >= 15 is 0 Å². The van der Waals surface area contributed by atoms with Crippen molar-refractivity contribution in [1.29, 1.82) is 0 Å². The topological polar surface area (TPSA) is 32.3 Å². The highest BCUT2D eigenvalue weighted by Crippen LogP contribution is 2.40. The van der Waals surface area contributed by atoms with Crippen LogP contribution in [0.1, 0.15) is 26.7 Å². The summed E-state index contributed by atoms with van der Waals surface area (Å²) in [6.07, 6.45) is 2.50. The first-order chi connectivity index (χ1) is 6.18. The summed E-state index contributed by atoms with van der Waals surface area (Å²) in [7, 11) is 0. The molecule has 1 saturated carbocycles. The fraction of sp³-hybridized carbons (Fsp3) is 0.900. The Morgan fingerprint density at radius 3 is 2.92 bits per heavy atom. The summed E-state index contributed by atoms with van der Waals surface area (Å²) in [5.74, 6) is 1.55. The van der Waals surface area contributed by atoms with Crippen LogP contribution in [0.5, 0.6) is 0 Å². The van der Waals surface area contributed by atoms with Gasteiger partial charge >= 0.3 is 6.03 Å². The summed E-state index contributed by atoms with van der Waals surface area (Å²) in [5.41, 5.74) is 0. The molecule has 0 radical (unpaired) electrons. The second-order valence-electron chi connectivity index (χ2n) is 4.62. The lowest BCUT2D eigenvalue weighted by atomic mass is 10.1. The number of hydrogen-bond donors (Lipinski definition) is 1. The van der Waals surface area contributed by atoms with Crippen LogP contribution in [0.4, 0.5) is 4.79 Å². The molecule has 2 unspecified atom stereocenters. The minimum atomic E-state index is 0.149. The molecule has 2 aliphatic rings. The molecule has 1 heterocycles. The summed E-state index contributed by atoms with van der Waals surface area (Å²) in [6, 6.07) is 0.709. The van der Waals surface area contributed by atoms with Gasteiger partial charge in [0.15, 0.2) is 0 Å². The van der Waals surface area contributed by atoms with Crippen molar-refractivity contribution in [2.24, 2.45) is 11.8 Å². The largest absolute Gasteiger partial charge is 0.336 e. The van der Waals surface area contributed by atoms with Crippen LogP contribution in [-0.4, -0.2) is 30.1 Å². The number of hydrogen-bond acceptors (Lipinski definition) is 1. The van der Waals surface area contributed by atoms with Crippen LogP contribution >= 0.6 is 0 Å². The van der Waals surface area contributed by atoms with Gasteiger partial charge < -0.3 is 10.2 Å². The van der Waals surface area contributed by atoms with Crippen molar-refractivity contribution in [3.05, 3.63) is 0 Å². The number of carbonyl (C=O) groups excluding carboxylic acids is 1. The van der Waals surface area contributed by atoms with Crippen molar-refractivity contribution in [2.75, 3.05) is 13.1 Å². The first kappa shape index (κ1) is 8.85. The summed E-state index contributed by atoms with van der Waals surface area (Å²) < 4.78 is 0. The van der Waals surface area contributed by atoms with Crippen LogP contribution in [0.2, 0.25) is 0 Å². The molecule has 2 amide bonds. The molecule has 0 aromatic carbocycles. The first-order valence-corrected chi connectivity index (χ1v) is 5.23. The molecule has 1 aliphatic carbocycles. The summed E-state index contributed by atoms with van der Waals surface area (Å²) in [6.45, 7) is 6.25. The average Bonchev–Trinajstić information content (AvgIpc) is 2.63. The van der Waals surface area contributed by atoms with Gasteiger partial charge in [-0.05, 0) is 24.7 Å². The molecule has 0 spiro atoms. The standard InChI is InChI=1S/C10H18N2O/c1-7(2)5-8-6-9(8)12-4-3-11-10(12)13/h7-9H,3-6H2,1-2H3,(H,11,13). The van der Waals surface area contributed by atoms with Crippen LogP contribution in [-0.2, 0) is 0 Å². The van der Waals surface area contributed by atoms with E-state index in [2.05, 4.69) is 19.2 Å². The van der Waals surface area contributed by atoms with Gasteiger partial charge in [-0.1, -0.05) is 13.8 Å². The highest BCUT2D eigenvalue weighted by Gasteiger charge is 2.44. The van der Waals surface area contributed by atoms with E-state index in [4.69, 9.17) is 0 Å². The van der Waals surface area contributed by atoms with Gasteiger partial charge in [-0.3, -0.25) is 0 Å². The van der Waals surface area contributed by atoms with Gasteiger partial charge in [0, 0.05) is 19.1 Å². The van der Waals surface area contributed by atoms with Gasteiger partial charge in [-0.15, -0.1) is 0 Å². The Bertz CT molecular complexity index is 215. The second-order valence-corrected chi connectivity index (χ2v) is 4.62. The van der Waals surface area contributed by atoms with Crippen molar-refractivity contribution in [2.45, 2.75) is 32.7 Å². The van der Waals surface area contributed by atoms with E-state index < -0.39 is 0 Å². The van der Waals surface area contributed by atoms with Crippen molar-refractivity contribution in [3.63, 3.8) is 0 Å². The molecule has 2 fully saturated rings. The van der Waals surface area contributed by atoms with Crippen molar-refractivity contribution in [1.82, 2.24) is 10.2 Å². The number of amides is 2. The molecule has 0 bridgehead atoms. The Kier molecular flexibility index (Phi) is 2.18. The van der Waals surface area contributed by atoms with Gasteiger partial charge in [0.25, 0.3) is 0 Å². The Balaban J connectivity index is 1.82. The molecule has 3 heteroatoms. The smallest absolute Gasteiger partial charge is 0.317 e. The van der Waals surface area contributed by atoms with E-state index in [1.54, 1.807) is 0 Å². The summed E-state index contributed by atoms with van der Waals surface area (Å²) >= 11 is 0.